The maximum Gasteiger partial charge on any atom is 0.326 e. The highest BCUT2D eigenvalue weighted by Gasteiger charge is 2.55. The van der Waals surface area contributed by atoms with Gasteiger partial charge in [-0.2, -0.15) is 0 Å². The third kappa shape index (κ3) is 4.63. The van der Waals surface area contributed by atoms with Gasteiger partial charge in [-0.25, -0.2) is 4.39 Å². The molecule has 0 aromatic heterocycles. The molecule has 1 fully saturated rings. The summed E-state index contributed by atoms with van der Waals surface area (Å²) in [6, 6.07) is 4.91. The van der Waals surface area contributed by atoms with Crippen molar-refractivity contribution in [2.45, 2.75) is 58.0 Å². The molecule has 8 heteroatoms. The Balaban J connectivity index is 2.11. The number of hydrogen-bond donors (Lipinski definition) is 2. The smallest absolute Gasteiger partial charge is 0.326 e. The number of carbonyl (C=O) groups excluding carboxylic acids is 1. The maximum atomic E-state index is 13.6. The van der Waals surface area contributed by atoms with Gasteiger partial charge in [-0.1, -0.05) is 38.4 Å². The number of esters is 1. The molecule has 1 unspecified atom stereocenters. The summed E-state index contributed by atoms with van der Waals surface area (Å²) < 4.78 is 19.2. The zero-order chi connectivity index (χ0) is 19.7. The molecule has 1 aliphatic heterocycles. The fourth-order valence-electron chi connectivity index (χ4n) is 2.54. The van der Waals surface area contributed by atoms with E-state index in [-0.39, 0.29) is 35.2 Å². The van der Waals surface area contributed by atoms with Gasteiger partial charge in [0.25, 0.3) is 5.59 Å². The molecule has 0 amide bonds. The van der Waals surface area contributed by atoms with Gasteiger partial charge in [0.1, 0.15) is 17.5 Å². The molecule has 1 aromatic rings. The van der Waals surface area contributed by atoms with Crippen LogP contribution in [0.2, 0.25) is 17.1 Å². The molecule has 1 radical (unpaired) electrons. The number of rotatable bonds is 6. The van der Waals surface area contributed by atoms with E-state index >= 15 is 0 Å². The fourth-order valence-corrected chi connectivity index (χ4v) is 4.85. The maximum absolute atomic E-state index is 13.6. The highest BCUT2D eigenvalue weighted by molar-refractivity contribution is 6.91. The van der Waals surface area contributed by atoms with Gasteiger partial charge in [0, 0.05) is 6.54 Å². The molecule has 1 aliphatic rings. The number of nitrogens with one attached hydrogen (secondary N) is 1. The fraction of sp³-hybridized carbons (Fsp3) is 0.556. The quantitative estimate of drug-likeness (QED) is 0.556. The third-order valence-corrected chi connectivity index (χ3v) is 7.81. The predicted molar refractivity (Wildman–Crippen MR) is 99.4 cm³/mol. The van der Waals surface area contributed by atoms with Crippen molar-refractivity contribution in [1.29, 1.82) is 0 Å². The minimum absolute atomic E-state index is 0.0295. The first kappa shape index (κ1) is 20.9. The Hall–Kier alpha value is -1.44. The molecule has 1 aromatic carbocycles. The standard InChI is InChI=1S/C18H24ClFNO4Si/c1-11(17(2,3)4)25-15(22)18(9-26(10-18)16(23)24)21-8-12-5-6-13(19)14(20)7-12/h5-7,11,21H,8-10H2,1-4H3,(H,23,24). The first-order valence-electron chi connectivity index (χ1n) is 8.43. The van der Waals surface area contributed by atoms with E-state index in [2.05, 4.69) is 5.32 Å². The number of benzene rings is 1. The average molecular weight is 401 g/mol. The number of carboxylic acid groups (broad SMARTS) is 1. The summed E-state index contributed by atoms with van der Waals surface area (Å²) in [5.41, 5.74) is -1.46. The molecule has 1 heterocycles. The Kier molecular flexibility index (Phi) is 6.15. The van der Waals surface area contributed by atoms with Crippen LogP contribution in [0.15, 0.2) is 18.2 Å². The van der Waals surface area contributed by atoms with Crippen molar-refractivity contribution in [1.82, 2.24) is 5.32 Å². The van der Waals surface area contributed by atoms with Crippen molar-refractivity contribution >= 4 is 32.0 Å². The zero-order valence-electron chi connectivity index (χ0n) is 15.4. The highest BCUT2D eigenvalue weighted by Crippen LogP contribution is 2.37. The van der Waals surface area contributed by atoms with Gasteiger partial charge in [-0.05, 0) is 42.1 Å². The van der Waals surface area contributed by atoms with Crippen LogP contribution < -0.4 is 5.32 Å². The zero-order valence-corrected chi connectivity index (χ0v) is 17.1. The largest absolute Gasteiger partial charge is 0.486 e. The van der Waals surface area contributed by atoms with Crippen LogP contribution in [0.4, 0.5) is 9.18 Å². The summed E-state index contributed by atoms with van der Waals surface area (Å²) in [6.07, 6.45) is -0.317. The summed E-state index contributed by atoms with van der Waals surface area (Å²) in [4.78, 5) is 24.0. The summed E-state index contributed by atoms with van der Waals surface area (Å²) >= 11 is 5.68. The Labute approximate surface area is 159 Å². The minimum Gasteiger partial charge on any atom is -0.486 e. The van der Waals surface area contributed by atoms with E-state index in [1.807, 2.05) is 27.7 Å². The molecule has 0 saturated carbocycles. The lowest BCUT2D eigenvalue weighted by atomic mass is 9.90. The molecule has 26 heavy (non-hydrogen) atoms. The van der Waals surface area contributed by atoms with Crippen LogP contribution in [0.25, 0.3) is 0 Å². The molecule has 0 aliphatic carbocycles. The Bertz CT molecular complexity index is 701. The van der Waals surface area contributed by atoms with Crippen LogP contribution in [-0.4, -0.2) is 37.1 Å². The molecule has 143 valence electrons. The van der Waals surface area contributed by atoms with E-state index in [1.165, 1.54) is 12.1 Å². The second-order valence-electron chi connectivity index (χ2n) is 7.86. The van der Waals surface area contributed by atoms with Gasteiger partial charge in [-0.15, -0.1) is 0 Å². The lowest BCUT2D eigenvalue weighted by Crippen LogP contribution is -2.65. The third-order valence-electron chi connectivity index (χ3n) is 4.84. The van der Waals surface area contributed by atoms with E-state index in [9.17, 15) is 19.1 Å². The second kappa shape index (κ2) is 7.66. The lowest BCUT2D eigenvalue weighted by Gasteiger charge is -2.44. The number of hydrogen-bond acceptors (Lipinski definition) is 4. The summed E-state index contributed by atoms with van der Waals surface area (Å²) in [7, 11) is -1.65. The van der Waals surface area contributed by atoms with E-state index in [1.54, 1.807) is 6.07 Å². The minimum atomic E-state index is -1.65. The molecule has 0 bridgehead atoms. The molecule has 2 N–H and O–H groups in total. The number of carbonyl (C=O) groups is 2. The number of ether oxygens (including phenoxy) is 1. The topological polar surface area (TPSA) is 75.6 Å². The van der Waals surface area contributed by atoms with Crippen LogP contribution in [0.5, 0.6) is 0 Å². The lowest BCUT2D eigenvalue weighted by molar-refractivity contribution is -0.161. The summed E-state index contributed by atoms with van der Waals surface area (Å²) in [5, 5.41) is 12.4. The van der Waals surface area contributed by atoms with Crippen molar-refractivity contribution in [2.75, 3.05) is 0 Å². The van der Waals surface area contributed by atoms with Crippen molar-refractivity contribution in [2.24, 2.45) is 5.41 Å². The van der Waals surface area contributed by atoms with E-state index in [4.69, 9.17) is 16.3 Å². The highest BCUT2D eigenvalue weighted by atomic mass is 35.5. The number of halogens is 2. The molecule has 1 saturated heterocycles. The monoisotopic (exact) mass is 400 g/mol. The van der Waals surface area contributed by atoms with Gasteiger partial charge in [-0.3, -0.25) is 14.9 Å². The molecule has 1 atom stereocenters. The van der Waals surface area contributed by atoms with Gasteiger partial charge in [0.2, 0.25) is 0 Å². The average Bonchev–Trinajstić information content (AvgIpc) is 2.48. The first-order chi connectivity index (χ1) is 11.9. The second-order valence-corrected chi connectivity index (χ2v) is 10.6. The van der Waals surface area contributed by atoms with Crippen LogP contribution in [0, 0.1) is 11.2 Å². The SMILES string of the molecule is CC(OC(=O)C1(NCc2ccc(Cl)c(F)c2)C[Si](C(=O)O)C1)C(C)(C)C. The van der Waals surface area contributed by atoms with Crippen molar-refractivity contribution in [3.63, 3.8) is 0 Å². The van der Waals surface area contributed by atoms with Crippen molar-refractivity contribution in [3.8, 4) is 0 Å². The van der Waals surface area contributed by atoms with Crippen LogP contribution >= 0.6 is 11.6 Å². The van der Waals surface area contributed by atoms with E-state index in [0.29, 0.717) is 5.56 Å². The predicted octanol–water partition coefficient (Wildman–Crippen LogP) is 4.05. The Morgan fingerprint density at radius 1 is 1.42 bits per heavy atom. The van der Waals surface area contributed by atoms with Gasteiger partial charge < -0.3 is 9.84 Å². The summed E-state index contributed by atoms with van der Waals surface area (Å²) in [6.45, 7) is 7.95. The molecule has 5 nitrogen and oxygen atoms in total. The van der Waals surface area contributed by atoms with Crippen LogP contribution in [-0.2, 0) is 16.1 Å². The van der Waals surface area contributed by atoms with E-state index in [0.717, 1.165) is 0 Å². The van der Waals surface area contributed by atoms with Crippen molar-refractivity contribution < 1.29 is 23.8 Å². The van der Waals surface area contributed by atoms with Crippen LogP contribution in [0.1, 0.15) is 33.3 Å². The Morgan fingerprint density at radius 3 is 2.54 bits per heavy atom. The molecular weight excluding hydrogens is 377 g/mol. The first-order valence-corrected chi connectivity index (χ1v) is 10.7. The van der Waals surface area contributed by atoms with Gasteiger partial charge >= 0.3 is 5.97 Å². The summed E-state index contributed by atoms with van der Waals surface area (Å²) in [5.74, 6) is -0.975. The van der Waals surface area contributed by atoms with Gasteiger partial charge in [0.15, 0.2) is 8.80 Å². The van der Waals surface area contributed by atoms with Gasteiger partial charge in [0.05, 0.1) is 5.02 Å². The normalized spacial score (nSPS) is 18.1. The van der Waals surface area contributed by atoms with E-state index < -0.39 is 31.7 Å². The van der Waals surface area contributed by atoms with Crippen molar-refractivity contribution in [3.05, 3.63) is 34.6 Å². The molecular formula is C18H24ClFNO4Si. The molecule has 2 rings (SSSR count). The van der Waals surface area contributed by atoms with Crippen LogP contribution in [0.3, 0.4) is 0 Å². The molecule has 0 spiro atoms. The Morgan fingerprint density at radius 2 is 2.04 bits per heavy atom.